The van der Waals surface area contributed by atoms with E-state index in [1.165, 1.54) is 4.90 Å². The van der Waals surface area contributed by atoms with Crippen LogP contribution in [0, 0.1) is 0 Å². The van der Waals surface area contributed by atoms with Crippen LogP contribution in [0.5, 0.6) is 0 Å². The minimum atomic E-state index is 0.574. The number of nitrogens with one attached hydrogen (secondary N) is 1. The minimum absolute atomic E-state index is 0.574. The Morgan fingerprint density at radius 1 is 1.54 bits per heavy atom. The highest BCUT2D eigenvalue weighted by Gasteiger charge is 2.14. The van der Waals surface area contributed by atoms with Gasteiger partial charge in [-0.1, -0.05) is 5.47 Å². The topological polar surface area (TPSA) is 24.7 Å². The zero-order valence-electron chi connectivity index (χ0n) is 8.41. The summed E-state index contributed by atoms with van der Waals surface area (Å²) >= 11 is 4.26. The van der Waals surface area contributed by atoms with Crippen molar-refractivity contribution in [2.75, 3.05) is 13.7 Å². The molecule has 1 aliphatic rings. The second kappa shape index (κ2) is 6.30. The lowest BCUT2D eigenvalue weighted by Gasteiger charge is -2.23. The number of aliphatic hydroxyl groups excluding tert-OH is 1. The van der Waals surface area contributed by atoms with Crippen LogP contribution in [0.2, 0.25) is 0 Å². The Balaban J connectivity index is 0.000000671. The molecule has 0 aromatic rings. The molecule has 1 rings (SSSR count). The second-order valence-corrected chi connectivity index (χ2v) is 3.71. The van der Waals surface area contributed by atoms with Gasteiger partial charge in [-0.15, -0.1) is 12.6 Å². The summed E-state index contributed by atoms with van der Waals surface area (Å²) in [5.41, 5.74) is 0.918. The molecule has 0 spiro atoms. The van der Waals surface area contributed by atoms with Gasteiger partial charge < -0.3 is 10.0 Å². The molecule has 1 atom stereocenters. The average molecular weight is 198 g/mol. The fourth-order valence-corrected chi connectivity index (χ4v) is 1.46. The van der Waals surface area contributed by atoms with Crippen LogP contribution in [0.15, 0.2) is 22.7 Å². The van der Waals surface area contributed by atoms with Gasteiger partial charge in [0.1, 0.15) is 14.0 Å². The lowest BCUT2D eigenvalue weighted by atomic mass is 9.93. The van der Waals surface area contributed by atoms with Crippen LogP contribution in [0.3, 0.4) is 0 Å². The summed E-state index contributed by atoms with van der Waals surface area (Å²) in [5, 5.41) is 7.00. The van der Waals surface area contributed by atoms with Crippen molar-refractivity contribution < 1.29 is 10.0 Å². The van der Waals surface area contributed by atoms with Crippen molar-refractivity contribution in [3.63, 3.8) is 0 Å². The molecule has 0 saturated carbocycles. The Labute approximate surface area is 87.1 Å². The van der Waals surface area contributed by atoms with E-state index in [0.717, 1.165) is 24.0 Å². The van der Waals surface area contributed by atoms with Gasteiger partial charge in [0.15, 0.2) is 0 Å². The van der Waals surface area contributed by atoms with E-state index < -0.39 is 0 Å². The molecule has 1 heterocycles. The Morgan fingerprint density at radius 2 is 2.08 bits per heavy atom. The second-order valence-electron chi connectivity index (χ2n) is 3.19. The van der Waals surface area contributed by atoms with E-state index >= 15 is 0 Å². The summed E-state index contributed by atoms with van der Waals surface area (Å²) in [5.74, 6) is 0. The predicted molar refractivity (Wildman–Crippen MR) is 60.0 cm³/mol. The van der Waals surface area contributed by atoms with E-state index in [0.29, 0.717) is 6.04 Å². The number of rotatable bonds is 1. The van der Waals surface area contributed by atoms with Gasteiger partial charge in [0.25, 0.3) is 0 Å². The molecule has 1 unspecified atom stereocenters. The molecule has 13 heavy (non-hydrogen) atoms. The summed E-state index contributed by atoms with van der Waals surface area (Å²) in [6.45, 7) is 5.25. The highest BCUT2D eigenvalue weighted by Crippen LogP contribution is 2.05. The fourth-order valence-electron chi connectivity index (χ4n) is 1.13. The van der Waals surface area contributed by atoms with Crippen molar-refractivity contribution in [1.82, 2.24) is 0 Å². The molecule has 2 N–H and O–H groups in total. The number of thiol groups is 1. The van der Waals surface area contributed by atoms with Crippen LogP contribution in [-0.4, -0.2) is 32.6 Å². The van der Waals surface area contributed by atoms with Gasteiger partial charge in [-0.05, 0) is 19.9 Å². The van der Waals surface area contributed by atoms with E-state index in [2.05, 4.69) is 32.7 Å². The molecule has 0 aliphatic carbocycles. The van der Waals surface area contributed by atoms with E-state index in [-0.39, 0.29) is 0 Å². The predicted octanol–water partition coefficient (Wildman–Crippen LogP) is -0.275. The molecule has 0 amide bonds. The van der Waals surface area contributed by atoms with Crippen molar-refractivity contribution in [3.05, 3.63) is 22.7 Å². The zero-order chi connectivity index (χ0) is 10.4. The van der Waals surface area contributed by atoms with Gasteiger partial charge in [-0.2, -0.15) is 0 Å². The largest absolute Gasteiger partial charge is 0.400 e. The van der Waals surface area contributed by atoms with Crippen molar-refractivity contribution in [2.45, 2.75) is 19.9 Å². The number of hydrogen-bond donors (Lipinski definition) is 3. The molecule has 2 radical (unpaired) electrons. The smallest absolute Gasteiger partial charge is 0.115 e. The molecule has 2 nitrogen and oxygen atoms in total. The normalized spacial score (nSPS) is 21.5. The summed E-state index contributed by atoms with van der Waals surface area (Å²) in [6.07, 6.45) is 4.01. The van der Waals surface area contributed by atoms with E-state index in [1.807, 2.05) is 6.08 Å². The average Bonchev–Trinajstić information content (AvgIpc) is 2.06. The lowest BCUT2D eigenvalue weighted by Crippen LogP contribution is -3.11. The molecule has 0 aromatic carbocycles. The van der Waals surface area contributed by atoms with Crippen molar-refractivity contribution >= 4 is 20.5 Å². The van der Waals surface area contributed by atoms with Crippen LogP contribution in [0.1, 0.15) is 13.8 Å². The summed E-state index contributed by atoms with van der Waals surface area (Å²) in [4.78, 5) is 2.34. The van der Waals surface area contributed by atoms with Crippen LogP contribution in [0.4, 0.5) is 0 Å². The third-order valence-electron chi connectivity index (χ3n) is 1.82. The van der Waals surface area contributed by atoms with Crippen molar-refractivity contribution in [2.24, 2.45) is 0 Å². The number of hydrogen-bond acceptors (Lipinski definition) is 2. The highest BCUT2D eigenvalue weighted by molar-refractivity contribution is 7.84. The quantitative estimate of drug-likeness (QED) is 0.392. The molecule has 0 aromatic heterocycles. The first kappa shape index (κ1) is 12.8. The first-order valence-corrected chi connectivity index (χ1v) is 4.71. The standard InChI is InChI=1S/C8H12BNS.CH4O/c1-6(2)10-4-7(9)3-8(11)5-10;1-2/h3,5-6,11H,4H2,1-2H3;2H,1H3/p+1. The van der Waals surface area contributed by atoms with E-state index in [9.17, 15) is 0 Å². The molecule has 0 bridgehead atoms. The number of allylic oxidation sites excluding steroid dienone is 1. The molecular weight excluding hydrogens is 181 g/mol. The van der Waals surface area contributed by atoms with Crippen molar-refractivity contribution in [3.8, 4) is 0 Å². The third kappa shape index (κ3) is 4.55. The Bertz CT molecular complexity index is 214. The third-order valence-corrected chi connectivity index (χ3v) is 2.07. The number of quaternary nitrogens is 1. The maximum atomic E-state index is 7.00. The monoisotopic (exact) mass is 198 g/mol. The van der Waals surface area contributed by atoms with Crippen LogP contribution < -0.4 is 4.90 Å². The zero-order valence-corrected chi connectivity index (χ0v) is 9.31. The highest BCUT2D eigenvalue weighted by atomic mass is 32.1. The van der Waals surface area contributed by atoms with Crippen LogP contribution in [-0.2, 0) is 0 Å². The van der Waals surface area contributed by atoms with Crippen molar-refractivity contribution in [1.29, 1.82) is 0 Å². The Morgan fingerprint density at radius 3 is 2.46 bits per heavy atom. The minimum Gasteiger partial charge on any atom is -0.400 e. The fraction of sp³-hybridized carbons (Fsp3) is 0.556. The van der Waals surface area contributed by atoms with Crippen LogP contribution in [0.25, 0.3) is 0 Å². The maximum Gasteiger partial charge on any atom is 0.115 e. The Hall–Kier alpha value is -0.185. The maximum absolute atomic E-state index is 7.00. The van der Waals surface area contributed by atoms with Gasteiger partial charge in [0.05, 0.1) is 17.5 Å². The van der Waals surface area contributed by atoms with Gasteiger partial charge in [0, 0.05) is 7.11 Å². The Kier molecular flexibility index (Phi) is 6.21. The summed E-state index contributed by atoms with van der Waals surface area (Å²) < 4.78 is 0. The molecule has 0 fully saturated rings. The number of aliphatic hydroxyl groups is 1. The molecule has 0 saturated heterocycles. The molecule has 4 heteroatoms. The van der Waals surface area contributed by atoms with E-state index in [1.54, 1.807) is 0 Å². The van der Waals surface area contributed by atoms with Gasteiger partial charge >= 0.3 is 0 Å². The van der Waals surface area contributed by atoms with E-state index in [4.69, 9.17) is 13.0 Å². The SMILES string of the molecule is CO.[B]C1=CC(S)=C[NH+](C(C)C)C1. The van der Waals surface area contributed by atoms with Gasteiger partial charge in [0.2, 0.25) is 0 Å². The van der Waals surface area contributed by atoms with Gasteiger partial charge in [-0.3, -0.25) is 0 Å². The molecule has 72 valence electrons. The molecular formula is C9H17BNOS+. The summed E-state index contributed by atoms with van der Waals surface area (Å²) in [7, 11) is 6.70. The van der Waals surface area contributed by atoms with Crippen LogP contribution >= 0.6 is 12.6 Å². The first-order chi connectivity index (χ1) is 6.09. The summed E-state index contributed by atoms with van der Waals surface area (Å²) in [6, 6.07) is 0.574. The molecule has 1 aliphatic heterocycles. The lowest BCUT2D eigenvalue weighted by molar-refractivity contribution is -0.865. The van der Waals surface area contributed by atoms with Gasteiger partial charge in [-0.25, -0.2) is 0 Å². The first-order valence-electron chi connectivity index (χ1n) is 4.26.